The van der Waals surface area contributed by atoms with E-state index in [2.05, 4.69) is 19.1 Å². The molecule has 0 aromatic heterocycles. The summed E-state index contributed by atoms with van der Waals surface area (Å²) in [6, 6.07) is 12.1. The van der Waals surface area contributed by atoms with E-state index in [9.17, 15) is 23.1 Å². The van der Waals surface area contributed by atoms with E-state index in [0.717, 1.165) is 24.5 Å². The van der Waals surface area contributed by atoms with Crippen molar-refractivity contribution in [2.75, 3.05) is 0 Å². The third kappa shape index (κ3) is 7.91. The molecule has 37 heavy (non-hydrogen) atoms. The first-order valence-corrected chi connectivity index (χ1v) is 13.1. The van der Waals surface area contributed by atoms with E-state index in [4.69, 9.17) is 0 Å². The van der Waals surface area contributed by atoms with Crippen molar-refractivity contribution in [1.29, 1.82) is 0 Å². The molecule has 198 valence electrons. The lowest BCUT2D eigenvalue weighted by atomic mass is 9.92. The summed E-state index contributed by atoms with van der Waals surface area (Å²) < 4.78 is 56.4. The topological polar surface area (TPSA) is 37.3 Å². The van der Waals surface area contributed by atoms with Crippen molar-refractivity contribution >= 4 is 5.97 Å². The number of halogens is 4. The van der Waals surface area contributed by atoms with Crippen LogP contribution in [0.5, 0.6) is 0 Å². The van der Waals surface area contributed by atoms with Crippen molar-refractivity contribution in [3.63, 3.8) is 0 Å². The number of carbonyl (C=O) groups is 1. The van der Waals surface area contributed by atoms with Crippen molar-refractivity contribution in [3.8, 4) is 11.1 Å². The molecule has 0 unspecified atom stereocenters. The van der Waals surface area contributed by atoms with Crippen LogP contribution in [0.2, 0.25) is 0 Å². The van der Waals surface area contributed by atoms with Crippen molar-refractivity contribution in [2.45, 2.75) is 77.6 Å². The van der Waals surface area contributed by atoms with Crippen LogP contribution < -0.4 is 0 Å². The minimum atomic E-state index is -1.66. The number of hydrogen-bond donors (Lipinski definition) is 1. The Labute approximate surface area is 216 Å². The molecule has 0 spiro atoms. The molecule has 0 saturated heterocycles. The van der Waals surface area contributed by atoms with Crippen LogP contribution in [0.25, 0.3) is 11.1 Å². The Morgan fingerprint density at radius 1 is 0.676 bits per heavy atom. The lowest BCUT2D eigenvalue weighted by molar-refractivity contribution is 0.0692. The molecule has 0 aliphatic rings. The summed E-state index contributed by atoms with van der Waals surface area (Å²) in [5.74, 6) is -7.19. The highest BCUT2D eigenvalue weighted by Gasteiger charge is 2.21. The fraction of sp³-hybridized carbons (Fsp3) is 0.387. The lowest BCUT2D eigenvalue weighted by Gasteiger charge is -2.14. The first kappa shape index (κ1) is 28.4. The fourth-order valence-electron chi connectivity index (χ4n) is 4.62. The average Bonchev–Trinajstić information content (AvgIpc) is 2.87. The number of carboxylic acids is 1. The standard InChI is InChI=1S/C31H34F4O2/c1-2-3-4-5-6-7-8-9-10-21-11-13-22(14-12-21)15-16-23-17-18-25(31(36)37)29(34)28(23)24-19-26(32)30(35)27(33)20-24/h11-14,17-20H,2-10,15-16H2,1H3,(H,36,37). The van der Waals surface area contributed by atoms with Crippen LogP contribution >= 0.6 is 0 Å². The van der Waals surface area contributed by atoms with Crippen LogP contribution in [0, 0.1) is 23.3 Å². The van der Waals surface area contributed by atoms with Crippen molar-refractivity contribution in [3.05, 3.63) is 94.1 Å². The molecule has 1 N–H and O–H groups in total. The molecule has 3 aromatic rings. The van der Waals surface area contributed by atoms with E-state index in [1.54, 1.807) is 0 Å². The van der Waals surface area contributed by atoms with E-state index in [1.165, 1.54) is 56.6 Å². The first-order valence-electron chi connectivity index (χ1n) is 13.1. The van der Waals surface area contributed by atoms with Crippen LogP contribution in [0.3, 0.4) is 0 Å². The number of aryl methyl sites for hydroxylation is 3. The Morgan fingerprint density at radius 3 is 1.78 bits per heavy atom. The van der Waals surface area contributed by atoms with Gasteiger partial charge in [0, 0.05) is 5.56 Å². The number of aromatic carboxylic acids is 1. The molecule has 0 aliphatic heterocycles. The molecule has 0 bridgehead atoms. The molecule has 2 nitrogen and oxygen atoms in total. The van der Waals surface area contributed by atoms with Gasteiger partial charge in [0.05, 0.1) is 5.56 Å². The second-order valence-electron chi connectivity index (χ2n) is 9.56. The molecule has 6 heteroatoms. The number of carboxylic acid groups (broad SMARTS) is 1. The Kier molecular flexibility index (Phi) is 10.7. The van der Waals surface area contributed by atoms with Gasteiger partial charge < -0.3 is 5.11 Å². The predicted octanol–water partition coefficient (Wildman–Crippen LogP) is 9.08. The van der Waals surface area contributed by atoms with Crippen LogP contribution in [-0.2, 0) is 19.3 Å². The molecule has 0 aliphatic carbocycles. The van der Waals surface area contributed by atoms with Gasteiger partial charge in [-0.05, 0) is 66.1 Å². The Balaban J connectivity index is 1.65. The van der Waals surface area contributed by atoms with Crippen molar-refractivity contribution in [1.82, 2.24) is 0 Å². The van der Waals surface area contributed by atoms with Crippen LogP contribution in [-0.4, -0.2) is 11.1 Å². The molecule has 3 aromatic carbocycles. The quantitative estimate of drug-likeness (QED) is 0.132. The molecule has 0 heterocycles. The lowest BCUT2D eigenvalue weighted by Crippen LogP contribution is -2.06. The van der Waals surface area contributed by atoms with Gasteiger partial charge >= 0.3 is 5.97 Å². The second-order valence-corrected chi connectivity index (χ2v) is 9.56. The molecule has 0 saturated carbocycles. The maximum Gasteiger partial charge on any atom is 0.338 e. The summed E-state index contributed by atoms with van der Waals surface area (Å²) in [7, 11) is 0. The summed E-state index contributed by atoms with van der Waals surface area (Å²) in [6.07, 6.45) is 12.0. The molecule has 0 atom stereocenters. The zero-order valence-corrected chi connectivity index (χ0v) is 21.3. The predicted molar refractivity (Wildman–Crippen MR) is 139 cm³/mol. The number of benzene rings is 3. The molecule has 0 amide bonds. The highest BCUT2D eigenvalue weighted by atomic mass is 19.2. The first-order chi connectivity index (χ1) is 17.8. The molecule has 3 rings (SSSR count). The smallest absolute Gasteiger partial charge is 0.338 e. The van der Waals surface area contributed by atoms with E-state index in [0.29, 0.717) is 30.5 Å². The normalized spacial score (nSPS) is 11.2. The molecular formula is C31H34F4O2. The van der Waals surface area contributed by atoms with Gasteiger partial charge in [-0.3, -0.25) is 0 Å². The number of hydrogen-bond acceptors (Lipinski definition) is 1. The minimum Gasteiger partial charge on any atom is -0.478 e. The Bertz CT molecular complexity index is 1170. The van der Waals surface area contributed by atoms with Gasteiger partial charge in [-0.15, -0.1) is 0 Å². The van der Waals surface area contributed by atoms with E-state index in [-0.39, 0.29) is 11.1 Å². The van der Waals surface area contributed by atoms with Gasteiger partial charge in [0.25, 0.3) is 0 Å². The zero-order chi connectivity index (χ0) is 26.8. The van der Waals surface area contributed by atoms with E-state index >= 15 is 4.39 Å². The Hall–Kier alpha value is -3.15. The largest absolute Gasteiger partial charge is 0.478 e. The highest BCUT2D eigenvalue weighted by molar-refractivity contribution is 5.90. The average molecular weight is 515 g/mol. The van der Waals surface area contributed by atoms with Gasteiger partial charge in [-0.1, -0.05) is 82.2 Å². The molecular weight excluding hydrogens is 480 g/mol. The second kappa shape index (κ2) is 14.0. The van der Waals surface area contributed by atoms with Gasteiger partial charge in [-0.25, -0.2) is 22.4 Å². The Morgan fingerprint density at radius 2 is 1.22 bits per heavy atom. The van der Waals surface area contributed by atoms with Crippen LogP contribution in [0.1, 0.15) is 85.3 Å². The van der Waals surface area contributed by atoms with Gasteiger partial charge in [0.2, 0.25) is 0 Å². The minimum absolute atomic E-state index is 0.232. The van der Waals surface area contributed by atoms with Gasteiger partial charge in [0.1, 0.15) is 5.82 Å². The summed E-state index contributed by atoms with van der Waals surface area (Å²) in [4.78, 5) is 11.4. The zero-order valence-electron chi connectivity index (χ0n) is 21.3. The third-order valence-electron chi connectivity index (χ3n) is 6.76. The van der Waals surface area contributed by atoms with E-state index < -0.39 is 34.8 Å². The number of rotatable bonds is 14. The number of unbranched alkanes of at least 4 members (excludes halogenated alkanes) is 7. The fourth-order valence-corrected chi connectivity index (χ4v) is 4.62. The van der Waals surface area contributed by atoms with Crippen LogP contribution in [0.4, 0.5) is 17.6 Å². The van der Waals surface area contributed by atoms with E-state index in [1.807, 2.05) is 12.1 Å². The van der Waals surface area contributed by atoms with Crippen molar-refractivity contribution in [2.24, 2.45) is 0 Å². The molecule has 0 fully saturated rings. The summed E-state index contributed by atoms with van der Waals surface area (Å²) >= 11 is 0. The highest BCUT2D eigenvalue weighted by Crippen LogP contribution is 2.32. The maximum absolute atomic E-state index is 15.1. The maximum atomic E-state index is 15.1. The van der Waals surface area contributed by atoms with Gasteiger partial charge in [-0.2, -0.15) is 0 Å². The summed E-state index contributed by atoms with van der Waals surface area (Å²) in [6.45, 7) is 2.22. The van der Waals surface area contributed by atoms with Crippen molar-refractivity contribution < 1.29 is 27.5 Å². The SMILES string of the molecule is CCCCCCCCCCc1ccc(CCc2ccc(C(=O)O)c(F)c2-c2cc(F)c(F)c(F)c2)cc1. The monoisotopic (exact) mass is 514 g/mol. The molecule has 0 radical (unpaired) electrons. The summed E-state index contributed by atoms with van der Waals surface area (Å²) in [5.41, 5.74) is 1.55. The van der Waals surface area contributed by atoms with Crippen LogP contribution in [0.15, 0.2) is 48.5 Å². The third-order valence-corrected chi connectivity index (χ3v) is 6.76. The van der Waals surface area contributed by atoms with Gasteiger partial charge in [0.15, 0.2) is 17.5 Å². The summed E-state index contributed by atoms with van der Waals surface area (Å²) in [5, 5.41) is 9.30.